The summed E-state index contributed by atoms with van der Waals surface area (Å²) in [6.07, 6.45) is 5.30. The summed E-state index contributed by atoms with van der Waals surface area (Å²) in [5.41, 5.74) is 3.84. The maximum Gasteiger partial charge on any atom is 0.231 e. The number of hydrogen-bond acceptors (Lipinski definition) is 5. The van der Waals surface area contributed by atoms with Crippen molar-refractivity contribution in [3.63, 3.8) is 0 Å². The molecule has 218 valence electrons. The first kappa shape index (κ1) is 34.2. The van der Waals surface area contributed by atoms with Crippen LogP contribution in [0.5, 0.6) is 11.5 Å². The topological polar surface area (TPSA) is 51.5 Å². The summed E-state index contributed by atoms with van der Waals surface area (Å²) in [7, 11) is 2.70. The van der Waals surface area contributed by atoms with Crippen LogP contribution in [-0.2, 0) is 17.8 Å². The smallest absolute Gasteiger partial charge is 0.231 e. The lowest BCUT2D eigenvalue weighted by atomic mass is 9.88. The highest BCUT2D eigenvalue weighted by Gasteiger charge is 2.24. The van der Waals surface area contributed by atoms with Gasteiger partial charge >= 0.3 is 0 Å². The van der Waals surface area contributed by atoms with Gasteiger partial charge in [0.1, 0.15) is 12.4 Å². The molecule has 0 saturated heterocycles. The fourth-order valence-corrected chi connectivity index (χ4v) is 4.58. The van der Waals surface area contributed by atoms with Crippen LogP contribution in [0.15, 0.2) is 115 Å². The Morgan fingerprint density at radius 3 is 2.26 bits per heavy atom. The first-order valence-electron chi connectivity index (χ1n) is 14.0. The molecule has 1 aliphatic rings. The van der Waals surface area contributed by atoms with Crippen molar-refractivity contribution < 1.29 is 14.2 Å². The van der Waals surface area contributed by atoms with Crippen LogP contribution in [0.4, 0.5) is 0 Å². The van der Waals surface area contributed by atoms with Gasteiger partial charge in [0, 0.05) is 10.3 Å². The largest absolute Gasteiger partial charge is 0.489 e. The SMILES string of the molecule is C=C/C=C(\C=C)OCc1cc2ccc3c(c2c(-c2ccc(P)cc2)c1CC#N)OCO3.CC.CC.Sc1ccccc1. The Morgan fingerprint density at radius 2 is 1.69 bits per heavy atom. The fourth-order valence-electron chi connectivity index (χ4n) is 4.21. The predicted octanol–water partition coefficient (Wildman–Crippen LogP) is 9.60. The fraction of sp³-hybridized carbons (Fsp3) is 0.194. The maximum absolute atomic E-state index is 9.64. The van der Waals surface area contributed by atoms with Crippen molar-refractivity contribution in [2.45, 2.75) is 45.6 Å². The minimum Gasteiger partial charge on any atom is -0.489 e. The first-order chi connectivity index (χ1) is 20.5. The van der Waals surface area contributed by atoms with Crippen LogP contribution in [-0.4, -0.2) is 6.79 Å². The van der Waals surface area contributed by atoms with E-state index in [0.29, 0.717) is 23.9 Å². The Bertz CT molecular complexity index is 1520. The van der Waals surface area contributed by atoms with Crippen LogP contribution < -0.4 is 14.8 Å². The molecule has 4 nitrogen and oxygen atoms in total. The van der Waals surface area contributed by atoms with Crippen molar-refractivity contribution in [1.82, 2.24) is 0 Å². The van der Waals surface area contributed by atoms with E-state index in [9.17, 15) is 5.26 Å². The number of allylic oxidation sites excluding steroid dienone is 3. The minimum absolute atomic E-state index is 0.186. The highest BCUT2D eigenvalue weighted by atomic mass is 32.1. The molecule has 0 fully saturated rings. The molecule has 0 bridgehead atoms. The third kappa shape index (κ3) is 9.02. The van der Waals surface area contributed by atoms with Crippen LogP contribution in [0.1, 0.15) is 38.8 Å². The summed E-state index contributed by atoms with van der Waals surface area (Å²) in [5, 5.41) is 12.7. The summed E-state index contributed by atoms with van der Waals surface area (Å²) in [5.74, 6) is 2.05. The maximum atomic E-state index is 9.64. The molecule has 0 aliphatic carbocycles. The van der Waals surface area contributed by atoms with Crippen molar-refractivity contribution in [2.75, 3.05) is 6.79 Å². The molecule has 0 N–H and O–H groups in total. The van der Waals surface area contributed by atoms with E-state index in [2.05, 4.69) is 59.3 Å². The van der Waals surface area contributed by atoms with E-state index in [4.69, 9.17) is 14.2 Å². The van der Waals surface area contributed by atoms with Gasteiger partial charge in [-0.2, -0.15) is 5.26 Å². The molecule has 0 amide bonds. The van der Waals surface area contributed by atoms with Gasteiger partial charge in [0.25, 0.3) is 0 Å². The summed E-state index contributed by atoms with van der Waals surface area (Å²) in [6, 6.07) is 26.3. The number of rotatable bonds is 7. The van der Waals surface area contributed by atoms with Crippen LogP contribution >= 0.6 is 21.9 Å². The number of thiol groups is 1. The predicted molar refractivity (Wildman–Crippen MR) is 184 cm³/mol. The number of hydrogen-bond donors (Lipinski definition) is 1. The van der Waals surface area contributed by atoms with Crippen molar-refractivity contribution in [3.8, 4) is 28.7 Å². The average Bonchev–Trinajstić information content (AvgIpc) is 3.52. The summed E-state index contributed by atoms with van der Waals surface area (Å²) in [6.45, 7) is 16.0. The lowest BCUT2D eigenvalue weighted by molar-refractivity contribution is 0.175. The molecule has 42 heavy (non-hydrogen) atoms. The van der Waals surface area contributed by atoms with Crippen molar-refractivity contribution in [1.29, 1.82) is 5.26 Å². The van der Waals surface area contributed by atoms with E-state index in [0.717, 1.165) is 43.2 Å². The zero-order chi connectivity index (χ0) is 30.9. The molecule has 0 spiro atoms. The second-order valence-corrected chi connectivity index (χ2v) is 9.56. The second kappa shape index (κ2) is 18.5. The van der Waals surface area contributed by atoms with Gasteiger partial charge in [0.2, 0.25) is 6.79 Å². The Balaban J connectivity index is 0.000000479. The van der Waals surface area contributed by atoms with E-state index in [1.54, 1.807) is 18.2 Å². The molecule has 5 rings (SSSR count). The van der Waals surface area contributed by atoms with Gasteiger partial charge < -0.3 is 14.2 Å². The number of nitrogens with zero attached hydrogens (tertiary/aromatic N) is 1. The zero-order valence-corrected chi connectivity index (χ0v) is 26.9. The van der Waals surface area contributed by atoms with Crippen LogP contribution in [0, 0.1) is 11.3 Å². The molecule has 1 unspecified atom stereocenters. The molecule has 0 saturated carbocycles. The first-order valence-corrected chi connectivity index (χ1v) is 15.0. The van der Waals surface area contributed by atoms with Crippen molar-refractivity contribution >= 4 is 37.9 Å². The Labute approximate surface area is 258 Å². The number of benzene rings is 4. The molecule has 4 aromatic rings. The standard InChI is InChI=1S/C26H22NO3P.C6H6S.2C2H6/c1-3-5-20(4-2)28-15-19-14-18-8-11-23-26(30-16-29-23)25(18)24(22(19)12-13-27)17-6-9-21(31)10-7-17;7-6-4-2-1-3-5-6;2*1-2/h3-11,14H,1-2,12,15-16,31H2;1-5,7H;2*1-2H3/b20-5+;;;. The molecule has 4 aromatic carbocycles. The summed E-state index contributed by atoms with van der Waals surface area (Å²) >= 11 is 4.08. The summed E-state index contributed by atoms with van der Waals surface area (Å²) in [4.78, 5) is 1.02. The van der Waals surface area contributed by atoms with Gasteiger partial charge in [0.05, 0.1) is 12.5 Å². The lowest BCUT2D eigenvalue weighted by Gasteiger charge is -2.19. The molecule has 0 aromatic heterocycles. The van der Waals surface area contributed by atoms with E-state index < -0.39 is 0 Å². The van der Waals surface area contributed by atoms with Crippen LogP contribution in [0.3, 0.4) is 0 Å². The van der Waals surface area contributed by atoms with Crippen molar-refractivity contribution in [3.05, 3.63) is 121 Å². The number of fused-ring (bicyclic) bond motifs is 3. The van der Waals surface area contributed by atoms with E-state index in [1.807, 2.05) is 82.3 Å². The normalized spacial score (nSPS) is 10.9. The molecule has 6 heteroatoms. The van der Waals surface area contributed by atoms with E-state index in [-0.39, 0.29) is 13.2 Å². The van der Waals surface area contributed by atoms with Crippen molar-refractivity contribution in [2.24, 2.45) is 0 Å². The summed E-state index contributed by atoms with van der Waals surface area (Å²) < 4.78 is 17.4. The highest BCUT2D eigenvalue weighted by molar-refractivity contribution is 7.80. The number of nitriles is 1. The Hall–Kier alpha value is -3.97. The molecule has 1 atom stereocenters. The van der Waals surface area contributed by atoms with Crippen LogP contribution in [0.2, 0.25) is 0 Å². The quantitative estimate of drug-likeness (QED) is 0.0998. The second-order valence-electron chi connectivity index (χ2n) is 8.38. The Morgan fingerprint density at radius 1 is 1.00 bits per heavy atom. The highest BCUT2D eigenvalue weighted by Crippen LogP contribution is 2.46. The third-order valence-electron chi connectivity index (χ3n) is 5.93. The van der Waals surface area contributed by atoms with Gasteiger partial charge in [-0.25, -0.2) is 0 Å². The van der Waals surface area contributed by atoms with E-state index >= 15 is 0 Å². The van der Waals surface area contributed by atoms with Gasteiger partial charge in [-0.05, 0) is 69.4 Å². The van der Waals surface area contributed by atoms with Gasteiger partial charge in [-0.1, -0.05) is 95.5 Å². The Kier molecular flexibility index (Phi) is 15.0. The van der Waals surface area contributed by atoms with Gasteiger partial charge in [0.15, 0.2) is 11.5 Å². The average molecular weight is 598 g/mol. The van der Waals surface area contributed by atoms with E-state index in [1.165, 1.54) is 0 Å². The van der Waals surface area contributed by atoms with Crippen LogP contribution in [0.25, 0.3) is 21.9 Å². The molecular formula is C36H40NO3PS. The molecule has 1 heterocycles. The number of ether oxygens (including phenoxy) is 3. The molecular weight excluding hydrogens is 557 g/mol. The molecule has 0 radical (unpaired) electrons. The van der Waals surface area contributed by atoms with Gasteiger partial charge in [-0.15, -0.1) is 21.9 Å². The minimum atomic E-state index is 0.186. The third-order valence-corrected chi connectivity index (χ3v) is 6.61. The zero-order valence-electron chi connectivity index (χ0n) is 24.9. The monoisotopic (exact) mass is 597 g/mol. The molecule has 1 aliphatic heterocycles. The van der Waals surface area contributed by atoms with Gasteiger partial charge in [-0.3, -0.25) is 0 Å². The lowest BCUT2D eigenvalue weighted by Crippen LogP contribution is -2.02.